The van der Waals surface area contributed by atoms with Crippen LogP contribution in [0.5, 0.6) is 5.75 Å². The first kappa shape index (κ1) is 19.4. The molecule has 7 heteroatoms. The molecule has 0 aliphatic carbocycles. The second kappa shape index (κ2) is 9.53. The van der Waals surface area contributed by atoms with Crippen LogP contribution in [0.15, 0.2) is 52.9 Å². The van der Waals surface area contributed by atoms with E-state index < -0.39 is 0 Å². The van der Waals surface area contributed by atoms with Gasteiger partial charge in [0.05, 0.1) is 0 Å². The molecule has 0 radical (unpaired) electrons. The van der Waals surface area contributed by atoms with Crippen molar-refractivity contribution in [2.45, 2.75) is 30.4 Å². The maximum Gasteiger partial charge on any atom is 0.264 e. The van der Waals surface area contributed by atoms with Crippen molar-refractivity contribution in [3.05, 3.63) is 65.2 Å². The normalized spacial score (nSPS) is 10.6. The van der Waals surface area contributed by atoms with Crippen LogP contribution >= 0.6 is 23.1 Å². The highest BCUT2D eigenvalue weighted by atomic mass is 32.2. The number of benzene rings is 2. The highest BCUT2D eigenvalue weighted by Gasteiger charge is 2.10. The maximum absolute atomic E-state index is 12.0. The van der Waals surface area contributed by atoms with Crippen LogP contribution in [0.25, 0.3) is 0 Å². The number of aryl methyl sites for hydroxylation is 2. The van der Waals surface area contributed by atoms with E-state index in [2.05, 4.69) is 47.6 Å². The lowest BCUT2D eigenvalue weighted by molar-refractivity contribution is -0.118. The Morgan fingerprint density at radius 1 is 1.15 bits per heavy atom. The molecule has 140 valence electrons. The van der Waals surface area contributed by atoms with Crippen molar-refractivity contribution in [3.63, 3.8) is 0 Å². The van der Waals surface area contributed by atoms with Crippen molar-refractivity contribution in [1.82, 2.24) is 10.2 Å². The highest BCUT2D eigenvalue weighted by Crippen LogP contribution is 2.28. The van der Waals surface area contributed by atoms with Crippen LogP contribution in [0.4, 0.5) is 5.13 Å². The summed E-state index contributed by atoms with van der Waals surface area (Å²) in [5.41, 5.74) is 3.71. The van der Waals surface area contributed by atoms with Gasteiger partial charge >= 0.3 is 0 Å². The zero-order valence-corrected chi connectivity index (χ0v) is 16.9. The monoisotopic (exact) mass is 399 g/mol. The summed E-state index contributed by atoms with van der Waals surface area (Å²) in [6, 6.07) is 16.1. The average Bonchev–Trinajstić information content (AvgIpc) is 3.12. The van der Waals surface area contributed by atoms with Gasteiger partial charge in [-0.3, -0.25) is 10.1 Å². The summed E-state index contributed by atoms with van der Waals surface area (Å²) in [6.45, 7) is 4.11. The number of nitrogens with zero attached hydrogens (tertiary/aromatic N) is 2. The van der Waals surface area contributed by atoms with Crippen LogP contribution in [0, 0.1) is 6.92 Å². The fraction of sp³-hybridized carbons (Fsp3) is 0.250. The molecule has 0 unspecified atom stereocenters. The third kappa shape index (κ3) is 6.08. The summed E-state index contributed by atoms with van der Waals surface area (Å²) in [4.78, 5) is 12.0. The smallest absolute Gasteiger partial charge is 0.264 e. The third-order valence-electron chi connectivity index (χ3n) is 3.80. The topological polar surface area (TPSA) is 64.1 Å². The first-order chi connectivity index (χ1) is 13.1. The Morgan fingerprint density at radius 3 is 2.70 bits per heavy atom. The molecule has 0 saturated heterocycles. The van der Waals surface area contributed by atoms with Gasteiger partial charge in [0.15, 0.2) is 10.9 Å². The number of hydrogen-bond donors (Lipinski definition) is 1. The van der Waals surface area contributed by atoms with Crippen LogP contribution < -0.4 is 10.1 Å². The predicted molar refractivity (Wildman–Crippen MR) is 111 cm³/mol. The number of amides is 1. The molecule has 0 atom stereocenters. The summed E-state index contributed by atoms with van der Waals surface area (Å²) >= 11 is 2.97. The molecule has 1 amide bonds. The number of aromatic nitrogens is 2. The van der Waals surface area contributed by atoms with Crippen LogP contribution in [0.1, 0.15) is 23.6 Å². The Morgan fingerprint density at radius 2 is 1.96 bits per heavy atom. The largest absolute Gasteiger partial charge is 0.484 e. The minimum Gasteiger partial charge on any atom is -0.484 e. The third-order valence-corrected chi connectivity index (χ3v) is 5.84. The number of hydrogen-bond acceptors (Lipinski definition) is 6. The van der Waals surface area contributed by atoms with Crippen LogP contribution in [0.3, 0.4) is 0 Å². The van der Waals surface area contributed by atoms with E-state index in [0.717, 1.165) is 16.5 Å². The van der Waals surface area contributed by atoms with Crippen molar-refractivity contribution in [2.75, 3.05) is 11.9 Å². The fourth-order valence-electron chi connectivity index (χ4n) is 2.39. The SMILES string of the molecule is CCc1ccc(OCC(=O)Nc2nnc(SCc3cccc(C)c3)s2)cc1. The van der Waals surface area contributed by atoms with E-state index in [9.17, 15) is 4.79 Å². The summed E-state index contributed by atoms with van der Waals surface area (Å²) in [5.74, 6) is 1.25. The van der Waals surface area contributed by atoms with E-state index in [1.54, 1.807) is 11.8 Å². The molecule has 0 spiro atoms. The van der Waals surface area contributed by atoms with Crippen molar-refractivity contribution >= 4 is 34.1 Å². The van der Waals surface area contributed by atoms with Crippen LogP contribution in [-0.2, 0) is 17.0 Å². The molecular formula is C20H21N3O2S2. The zero-order chi connectivity index (χ0) is 19.1. The molecule has 0 saturated carbocycles. The molecule has 3 aromatic rings. The summed E-state index contributed by atoms with van der Waals surface area (Å²) in [7, 11) is 0. The minimum atomic E-state index is -0.249. The molecule has 0 aliphatic heterocycles. The van der Waals surface area contributed by atoms with Gasteiger partial charge in [-0.25, -0.2) is 0 Å². The minimum absolute atomic E-state index is 0.0587. The van der Waals surface area contributed by atoms with Gasteiger partial charge in [0.1, 0.15) is 5.75 Å². The van der Waals surface area contributed by atoms with Gasteiger partial charge in [0.25, 0.3) is 5.91 Å². The second-order valence-corrected chi connectivity index (χ2v) is 8.19. The van der Waals surface area contributed by atoms with Gasteiger partial charge in [-0.2, -0.15) is 0 Å². The van der Waals surface area contributed by atoms with Gasteiger partial charge in [0.2, 0.25) is 5.13 Å². The van der Waals surface area contributed by atoms with E-state index in [-0.39, 0.29) is 12.5 Å². The lowest BCUT2D eigenvalue weighted by Gasteiger charge is -2.06. The van der Waals surface area contributed by atoms with Crippen LogP contribution in [0.2, 0.25) is 0 Å². The number of ether oxygens (including phenoxy) is 1. The van der Waals surface area contributed by atoms with Gasteiger partial charge in [0, 0.05) is 5.75 Å². The first-order valence-electron chi connectivity index (χ1n) is 8.66. The predicted octanol–water partition coefficient (Wildman–Crippen LogP) is 4.72. The fourth-order valence-corrected chi connectivity index (χ4v) is 4.10. The van der Waals surface area contributed by atoms with Gasteiger partial charge < -0.3 is 4.74 Å². The van der Waals surface area contributed by atoms with E-state index in [1.807, 2.05) is 30.3 Å². The maximum atomic E-state index is 12.0. The Bertz CT molecular complexity index is 894. The van der Waals surface area contributed by atoms with Crippen molar-refractivity contribution < 1.29 is 9.53 Å². The lowest BCUT2D eigenvalue weighted by Crippen LogP contribution is -2.20. The zero-order valence-electron chi connectivity index (χ0n) is 15.3. The molecule has 5 nitrogen and oxygen atoms in total. The second-order valence-electron chi connectivity index (χ2n) is 5.99. The number of nitrogens with one attached hydrogen (secondary N) is 1. The number of thioether (sulfide) groups is 1. The standard InChI is InChI=1S/C20H21N3O2S2/c1-3-15-7-9-17(10-8-15)25-12-18(24)21-19-22-23-20(27-19)26-13-16-6-4-5-14(2)11-16/h4-11H,3,12-13H2,1-2H3,(H,21,22,24). The van der Waals surface area contributed by atoms with Gasteiger partial charge in [-0.15, -0.1) is 10.2 Å². The van der Waals surface area contributed by atoms with E-state index in [1.165, 1.54) is 28.0 Å². The highest BCUT2D eigenvalue weighted by molar-refractivity contribution is 8.00. The molecular weight excluding hydrogens is 378 g/mol. The Hall–Kier alpha value is -2.38. The van der Waals surface area contributed by atoms with Crippen molar-refractivity contribution in [2.24, 2.45) is 0 Å². The van der Waals surface area contributed by atoms with Gasteiger partial charge in [-0.1, -0.05) is 72.0 Å². The van der Waals surface area contributed by atoms with E-state index >= 15 is 0 Å². The first-order valence-corrected chi connectivity index (χ1v) is 10.5. The average molecular weight is 400 g/mol. The Balaban J connectivity index is 1.45. The quantitative estimate of drug-likeness (QED) is 0.439. The Kier molecular flexibility index (Phi) is 6.84. The number of rotatable bonds is 8. The molecule has 1 aromatic heterocycles. The molecule has 0 aliphatic rings. The molecule has 0 fully saturated rings. The van der Waals surface area contributed by atoms with Crippen molar-refractivity contribution in [3.8, 4) is 5.75 Å². The lowest BCUT2D eigenvalue weighted by atomic mass is 10.2. The molecule has 27 heavy (non-hydrogen) atoms. The molecule has 2 aromatic carbocycles. The summed E-state index contributed by atoms with van der Waals surface area (Å²) in [6.07, 6.45) is 0.974. The summed E-state index contributed by atoms with van der Waals surface area (Å²) in [5, 5.41) is 11.4. The number of anilines is 1. The number of carbonyl (C=O) groups excluding carboxylic acids is 1. The molecule has 0 bridgehead atoms. The molecule has 1 heterocycles. The Labute approximate surface area is 167 Å². The molecule has 1 N–H and O–H groups in total. The van der Waals surface area contributed by atoms with E-state index in [0.29, 0.717) is 10.9 Å². The number of carbonyl (C=O) groups is 1. The summed E-state index contributed by atoms with van der Waals surface area (Å²) < 4.78 is 6.32. The molecule has 3 rings (SSSR count). The van der Waals surface area contributed by atoms with Crippen molar-refractivity contribution in [1.29, 1.82) is 0 Å². The van der Waals surface area contributed by atoms with E-state index in [4.69, 9.17) is 4.74 Å². The van der Waals surface area contributed by atoms with Gasteiger partial charge in [-0.05, 0) is 36.6 Å². The van der Waals surface area contributed by atoms with Crippen LogP contribution in [-0.4, -0.2) is 22.7 Å².